The van der Waals surface area contributed by atoms with Crippen molar-refractivity contribution >= 4 is 16.8 Å². The zero-order valence-corrected chi connectivity index (χ0v) is 14.5. The number of ether oxygens (including phenoxy) is 2. The number of benzene rings is 1. The Morgan fingerprint density at radius 2 is 2.25 bits per heavy atom. The van der Waals surface area contributed by atoms with Gasteiger partial charge >= 0.3 is 0 Å². The molecule has 3 rings (SSSR count). The summed E-state index contributed by atoms with van der Waals surface area (Å²) in [6.07, 6.45) is 3.29. The molecule has 1 aliphatic heterocycles. The Bertz CT molecular complexity index is 702. The highest BCUT2D eigenvalue weighted by atomic mass is 16.5. The quantitative estimate of drug-likeness (QED) is 0.767. The van der Waals surface area contributed by atoms with Gasteiger partial charge in [0.15, 0.2) is 0 Å². The van der Waals surface area contributed by atoms with Crippen molar-refractivity contribution in [2.75, 3.05) is 26.4 Å². The number of hydrogen-bond acceptors (Lipinski definition) is 3. The van der Waals surface area contributed by atoms with Crippen molar-refractivity contribution in [2.45, 2.75) is 39.2 Å². The average molecular weight is 330 g/mol. The number of aromatic amines is 1. The lowest BCUT2D eigenvalue weighted by Gasteiger charge is -2.10. The van der Waals surface area contributed by atoms with Crippen LogP contribution in [0.1, 0.15) is 40.9 Å². The molecule has 1 aromatic heterocycles. The molecule has 2 heterocycles. The fourth-order valence-corrected chi connectivity index (χ4v) is 3.18. The molecule has 24 heavy (non-hydrogen) atoms. The van der Waals surface area contributed by atoms with Crippen LogP contribution in [-0.2, 0) is 9.47 Å². The smallest absolute Gasteiger partial charge is 0.267 e. The van der Waals surface area contributed by atoms with Crippen molar-refractivity contribution < 1.29 is 14.3 Å². The maximum atomic E-state index is 12.2. The van der Waals surface area contributed by atoms with Gasteiger partial charge in [-0.15, -0.1) is 0 Å². The lowest BCUT2D eigenvalue weighted by Crippen LogP contribution is -2.26. The second-order valence-corrected chi connectivity index (χ2v) is 6.55. The predicted octanol–water partition coefficient (Wildman–Crippen LogP) is 3.10. The lowest BCUT2D eigenvalue weighted by molar-refractivity contribution is 0.0166. The van der Waals surface area contributed by atoms with E-state index in [4.69, 9.17) is 9.47 Å². The van der Waals surface area contributed by atoms with Gasteiger partial charge in [-0.1, -0.05) is 6.07 Å². The third kappa shape index (κ3) is 4.16. The van der Waals surface area contributed by atoms with Gasteiger partial charge in [0.2, 0.25) is 0 Å². The maximum Gasteiger partial charge on any atom is 0.267 e. The fourth-order valence-electron chi connectivity index (χ4n) is 3.18. The molecule has 0 bridgehead atoms. The summed E-state index contributed by atoms with van der Waals surface area (Å²) in [7, 11) is 0. The third-order valence-electron chi connectivity index (χ3n) is 4.41. The highest BCUT2D eigenvalue weighted by molar-refractivity contribution is 5.98. The van der Waals surface area contributed by atoms with Gasteiger partial charge in [0, 0.05) is 30.7 Å². The first kappa shape index (κ1) is 17.0. The summed E-state index contributed by atoms with van der Waals surface area (Å²) in [5.41, 5.74) is 4.00. The molecule has 5 nitrogen and oxygen atoms in total. The third-order valence-corrected chi connectivity index (χ3v) is 4.41. The van der Waals surface area contributed by atoms with Crippen LogP contribution in [0, 0.1) is 13.8 Å². The molecular formula is C19H26N2O3. The molecule has 130 valence electrons. The van der Waals surface area contributed by atoms with Crippen LogP contribution >= 0.6 is 0 Å². The minimum Gasteiger partial charge on any atom is -0.379 e. The Kier molecular flexibility index (Phi) is 5.53. The largest absolute Gasteiger partial charge is 0.379 e. The second-order valence-electron chi connectivity index (χ2n) is 6.55. The number of carbonyl (C=O) groups is 1. The van der Waals surface area contributed by atoms with E-state index in [1.54, 1.807) is 0 Å². The van der Waals surface area contributed by atoms with Gasteiger partial charge < -0.3 is 19.8 Å². The number of hydrogen-bond donors (Lipinski definition) is 2. The van der Waals surface area contributed by atoms with Crippen LogP contribution in [0.4, 0.5) is 0 Å². The SMILES string of the molecule is Cc1cc(C)c2cc(C(=O)NCCCOCC3CCCO3)[nH]c2c1. The Balaban J connectivity index is 1.42. The number of rotatable bonds is 7. The molecule has 2 N–H and O–H groups in total. The molecule has 1 saturated heterocycles. The standard InChI is InChI=1S/C19H26N2O3/c1-13-9-14(2)16-11-18(21-17(16)10-13)19(22)20-6-4-7-23-12-15-5-3-8-24-15/h9-11,15,21H,3-8,12H2,1-2H3,(H,20,22). The van der Waals surface area contributed by atoms with E-state index in [0.29, 0.717) is 25.5 Å². The van der Waals surface area contributed by atoms with E-state index in [1.165, 1.54) is 11.1 Å². The van der Waals surface area contributed by atoms with E-state index in [0.717, 1.165) is 36.8 Å². The van der Waals surface area contributed by atoms with Gasteiger partial charge in [-0.2, -0.15) is 0 Å². The Morgan fingerprint density at radius 3 is 3.04 bits per heavy atom. The molecule has 1 amide bonds. The first-order valence-electron chi connectivity index (χ1n) is 8.71. The Labute approximate surface area is 142 Å². The molecule has 0 radical (unpaired) electrons. The first-order valence-corrected chi connectivity index (χ1v) is 8.71. The first-order chi connectivity index (χ1) is 11.6. The Hall–Kier alpha value is -1.85. The summed E-state index contributed by atoms with van der Waals surface area (Å²) >= 11 is 0. The van der Waals surface area contributed by atoms with Crippen molar-refractivity contribution in [1.29, 1.82) is 0 Å². The monoisotopic (exact) mass is 330 g/mol. The molecule has 1 atom stereocenters. The molecule has 0 spiro atoms. The van der Waals surface area contributed by atoms with Crippen LogP contribution in [0.25, 0.3) is 10.9 Å². The molecule has 5 heteroatoms. The molecule has 1 aliphatic rings. The van der Waals surface area contributed by atoms with Crippen LogP contribution in [-0.4, -0.2) is 43.4 Å². The fraction of sp³-hybridized carbons (Fsp3) is 0.526. The number of aromatic nitrogens is 1. The van der Waals surface area contributed by atoms with Crippen molar-refractivity contribution in [3.05, 3.63) is 35.0 Å². The van der Waals surface area contributed by atoms with Crippen LogP contribution in [0.3, 0.4) is 0 Å². The number of H-pyrrole nitrogens is 1. The number of fused-ring (bicyclic) bond motifs is 1. The van der Waals surface area contributed by atoms with Gasteiger partial charge in [0.25, 0.3) is 5.91 Å². The second kappa shape index (κ2) is 7.81. The van der Waals surface area contributed by atoms with Gasteiger partial charge in [-0.25, -0.2) is 0 Å². The van der Waals surface area contributed by atoms with E-state index in [9.17, 15) is 4.79 Å². The lowest BCUT2D eigenvalue weighted by atomic mass is 10.1. The number of nitrogens with one attached hydrogen (secondary N) is 2. The predicted molar refractivity (Wildman–Crippen MR) is 94.5 cm³/mol. The molecule has 2 aromatic rings. The molecule has 1 aromatic carbocycles. The molecule has 0 saturated carbocycles. The van der Waals surface area contributed by atoms with E-state index in [1.807, 2.05) is 6.07 Å². The normalized spacial score (nSPS) is 17.5. The number of aryl methyl sites for hydroxylation is 2. The topological polar surface area (TPSA) is 63.4 Å². The van der Waals surface area contributed by atoms with Gasteiger partial charge in [-0.3, -0.25) is 4.79 Å². The molecule has 1 fully saturated rings. The summed E-state index contributed by atoms with van der Waals surface area (Å²) in [5, 5.41) is 4.04. The summed E-state index contributed by atoms with van der Waals surface area (Å²) in [6.45, 7) is 6.89. The van der Waals surface area contributed by atoms with E-state index < -0.39 is 0 Å². The number of amides is 1. The van der Waals surface area contributed by atoms with Gasteiger partial charge in [0.1, 0.15) is 5.69 Å². The van der Waals surface area contributed by atoms with Crippen molar-refractivity contribution in [1.82, 2.24) is 10.3 Å². The Morgan fingerprint density at radius 1 is 1.38 bits per heavy atom. The van der Waals surface area contributed by atoms with E-state index in [-0.39, 0.29) is 12.0 Å². The van der Waals surface area contributed by atoms with Crippen molar-refractivity contribution in [2.24, 2.45) is 0 Å². The zero-order valence-electron chi connectivity index (χ0n) is 14.5. The molecule has 1 unspecified atom stereocenters. The summed E-state index contributed by atoms with van der Waals surface area (Å²) in [6, 6.07) is 6.12. The van der Waals surface area contributed by atoms with Crippen molar-refractivity contribution in [3.8, 4) is 0 Å². The molecule has 0 aliphatic carbocycles. The van der Waals surface area contributed by atoms with Crippen molar-refractivity contribution in [3.63, 3.8) is 0 Å². The average Bonchev–Trinajstić information content (AvgIpc) is 3.19. The highest BCUT2D eigenvalue weighted by Crippen LogP contribution is 2.21. The summed E-state index contributed by atoms with van der Waals surface area (Å²) in [4.78, 5) is 15.5. The summed E-state index contributed by atoms with van der Waals surface area (Å²) < 4.78 is 11.1. The van der Waals surface area contributed by atoms with Crippen LogP contribution < -0.4 is 5.32 Å². The highest BCUT2D eigenvalue weighted by Gasteiger charge is 2.15. The molecular weight excluding hydrogens is 304 g/mol. The number of carbonyl (C=O) groups excluding carboxylic acids is 1. The van der Waals surface area contributed by atoms with E-state index >= 15 is 0 Å². The van der Waals surface area contributed by atoms with Crippen LogP contribution in [0.2, 0.25) is 0 Å². The van der Waals surface area contributed by atoms with Gasteiger partial charge in [0.05, 0.1) is 12.7 Å². The zero-order chi connectivity index (χ0) is 16.9. The van der Waals surface area contributed by atoms with Crippen LogP contribution in [0.5, 0.6) is 0 Å². The van der Waals surface area contributed by atoms with E-state index in [2.05, 4.69) is 36.3 Å². The van der Waals surface area contributed by atoms with Gasteiger partial charge in [-0.05, 0) is 56.4 Å². The summed E-state index contributed by atoms with van der Waals surface area (Å²) in [5.74, 6) is -0.0672. The minimum atomic E-state index is -0.0672. The van der Waals surface area contributed by atoms with Crippen LogP contribution in [0.15, 0.2) is 18.2 Å². The maximum absolute atomic E-state index is 12.2. The minimum absolute atomic E-state index is 0.0672.